The lowest BCUT2D eigenvalue weighted by Crippen LogP contribution is -2.23. The molecule has 0 bridgehead atoms. The predicted molar refractivity (Wildman–Crippen MR) is 102 cm³/mol. The lowest BCUT2D eigenvalue weighted by molar-refractivity contribution is 0.266. The van der Waals surface area contributed by atoms with Crippen LogP contribution in [0.3, 0.4) is 0 Å². The van der Waals surface area contributed by atoms with Crippen LogP contribution in [0, 0.1) is 0 Å². The van der Waals surface area contributed by atoms with Crippen LogP contribution in [0.1, 0.15) is 19.1 Å². The van der Waals surface area contributed by atoms with E-state index >= 15 is 0 Å². The molecule has 0 unspecified atom stereocenters. The third-order valence-electron chi connectivity index (χ3n) is 3.77. The topological polar surface area (TPSA) is 73.1 Å². The molecule has 0 fully saturated rings. The predicted octanol–water partition coefficient (Wildman–Crippen LogP) is 4.48. The number of nitrogens with zero attached hydrogens (tertiary/aromatic N) is 3. The molecule has 26 heavy (non-hydrogen) atoms. The van der Waals surface area contributed by atoms with Gasteiger partial charge in [0.05, 0.1) is 6.26 Å². The Morgan fingerprint density at radius 1 is 1.19 bits per heavy atom. The van der Waals surface area contributed by atoms with E-state index in [4.69, 9.17) is 9.15 Å². The highest BCUT2D eigenvalue weighted by atomic mass is 32.2. The van der Waals surface area contributed by atoms with E-state index in [2.05, 4.69) is 27.4 Å². The molecule has 0 saturated heterocycles. The van der Waals surface area contributed by atoms with E-state index in [9.17, 15) is 0 Å². The maximum atomic E-state index is 6.09. The van der Waals surface area contributed by atoms with Crippen molar-refractivity contribution in [2.75, 3.05) is 11.1 Å². The summed E-state index contributed by atoms with van der Waals surface area (Å²) in [5.74, 6) is 2.18. The Labute approximate surface area is 155 Å². The molecule has 3 heterocycles. The first kappa shape index (κ1) is 16.7. The van der Waals surface area contributed by atoms with Gasteiger partial charge >= 0.3 is 0 Å². The Morgan fingerprint density at radius 3 is 2.96 bits per heavy atom. The molecule has 1 N–H and O–H groups in total. The number of furan rings is 1. The minimum absolute atomic E-state index is 0.400. The minimum Gasteiger partial charge on any atom is -0.465 e. The molecule has 4 rings (SSSR count). The van der Waals surface area contributed by atoms with Gasteiger partial charge in [0, 0.05) is 17.0 Å². The van der Waals surface area contributed by atoms with Crippen molar-refractivity contribution in [1.29, 1.82) is 0 Å². The number of fused-ring (bicyclic) bond motifs is 3. The average Bonchev–Trinajstić information content (AvgIpc) is 3.13. The van der Waals surface area contributed by atoms with Gasteiger partial charge in [-0.15, -0.1) is 10.2 Å². The highest BCUT2D eigenvalue weighted by molar-refractivity contribution is 7.99. The maximum absolute atomic E-state index is 6.09. The summed E-state index contributed by atoms with van der Waals surface area (Å²) in [6.45, 7) is 2.12. The molecule has 0 amide bonds. The van der Waals surface area contributed by atoms with Gasteiger partial charge in [0.15, 0.2) is 11.9 Å². The number of anilines is 1. The molecule has 1 atom stereocenters. The van der Waals surface area contributed by atoms with Crippen LogP contribution in [0.5, 0.6) is 5.88 Å². The molecule has 132 valence electrons. The Hall–Kier alpha value is -2.80. The lowest BCUT2D eigenvalue weighted by atomic mass is 10.1. The van der Waals surface area contributed by atoms with Crippen LogP contribution in [0.2, 0.25) is 0 Å². The first-order chi connectivity index (χ1) is 12.8. The normalized spacial score (nSPS) is 15.7. The van der Waals surface area contributed by atoms with Crippen LogP contribution in [0.25, 0.3) is 17.3 Å². The molecular formula is C19H18N4O2S. The zero-order valence-electron chi connectivity index (χ0n) is 14.3. The molecule has 2 aromatic heterocycles. The molecule has 0 saturated carbocycles. The summed E-state index contributed by atoms with van der Waals surface area (Å²) in [6.07, 6.45) is 6.05. The summed E-state index contributed by atoms with van der Waals surface area (Å²) in [5.41, 5.74) is 2.48. The van der Waals surface area contributed by atoms with Gasteiger partial charge < -0.3 is 14.5 Å². The fraction of sp³-hybridized carbons (Fsp3) is 0.211. The summed E-state index contributed by atoms with van der Waals surface area (Å²) in [6, 6.07) is 11.6. The molecule has 1 aliphatic rings. The fourth-order valence-corrected chi connectivity index (χ4v) is 3.21. The van der Waals surface area contributed by atoms with Gasteiger partial charge in [-0.1, -0.05) is 36.9 Å². The highest BCUT2D eigenvalue weighted by Gasteiger charge is 2.23. The van der Waals surface area contributed by atoms with Crippen molar-refractivity contribution < 1.29 is 9.15 Å². The van der Waals surface area contributed by atoms with Crippen LogP contribution in [-0.2, 0) is 0 Å². The second-order valence-corrected chi connectivity index (χ2v) is 6.76. The third kappa shape index (κ3) is 3.57. The average molecular weight is 366 g/mol. The number of hydrogen-bond donors (Lipinski definition) is 1. The Kier molecular flexibility index (Phi) is 4.88. The molecule has 6 nitrogen and oxygen atoms in total. The van der Waals surface area contributed by atoms with Crippen molar-refractivity contribution in [3.63, 3.8) is 0 Å². The molecule has 3 aromatic rings. The fourth-order valence-electron chi connectivity index (χ4n) is 2.58. The number of benzene rings is 1. The van der Waals surface area contributed by atoms with Gasteiger partial charge in [0.2, 0.25) is 11.0 Å². The van der Waals surface area contributed by atoms with Gasteiger partial charge in [-0.2, -0.15) is 4.98 Å². The van der Waals surface area contributed by atoms with Crippen molar-refractivity contribution >= 4 is 23.5 Å². The Bertz CT molecular complexity index is 912. The number of nitrogens with one attached hydrogen (secondary N) is 1. The van der Waals surface area contributed by atoms with Crippen molar-refractivity contribution in [3.05, 3.63) is 54.5 Å². The molecule has 7 heteroatoms. The minimum atomic E-state index is -0.400. The number of para-hydroxylation sites is 1. The molecule has 0 radical (unpaired) electrons. The third-order valence-corrected chi connectivity index (χ3v) is 4.81. The largest absolute Gasteiger partial charge is 0.465 e. The van der Waals surface area contributed by atoms with Gasteiger partial charge in [-0.3, -0.25) is 0 Å². The summed E-state index contributed by atoms with van der Waals surface area (Å²) in [5, 5.41) is 12.6. The van der Waals surface area contributed by atoms with E-state index in [-0.39, 0.29) is 0 Å². The summed E-state index contributed by atoms with van der Waals surface area (Å²) in [4.78, 5) is 4.57. The zero-order valence-corrected chi connectivity index (χ0v) is 15.1. The van der Waals surface area contributed by atoms with Crippen molar-refractivity contribution in [2.45, 2.75) is 24.7 Å². The molecule has 1 aromatic carbocycles. The highest BCUT2D eigenvalue weighted by Crippen LogP contribution is 2.36. The van der Waals surface area contributed by atoms with Gasteiger partial charge in [0.25, 0.3) is 0 Å². The number of ether oxygens (including phenoxy) is 1. The molecular weight excluding hydrogens is 348 g/mol. The Morgan fingerprint density at radius 2 is 2.12 bits per heavy atom. The second-order valence-electron chi connectivity index (χ2n) is 5.70. The van der Waals surface area contributed by atoms with E-state index in [0.717, 1.165) is 29.2 Å². The number of thioether (sulfide) groups is 1. The SMILES string of the molecule is CCCSc1nnc2c(n1)O[C@H](/C=C/c1ccco1)Nc1ccccc1-2. The van der Waals surface area contributed by atoms with E-state index in [0.29, 0.717) is 16.7 Å². The maximum Gasteiger partial charge on any atom is 0.247 e. The van der Waals surface area contributed by atoms with E-state index in [1.165, 1.54) is 0 Å². The summed E-state index contributed by atoms with van der Waals surface area (Å²) < 4.78 is 11.4. The van der Waals surface area contributed by atoms with Crippen molar-refractivity contribution in [2.24, 2.45) is 0 Å². The molecule has 0 aliphatic carbocycles. The lowest BCUT2D eigenvalue weighted by Gasteiger charge is -2.15. The number of hydrogen-bond acceptors (Lipinski definition) is 7. The van der Waals surface area contributed by atoms with Gasteiger partial charge in [-0.05, 0) is 36.8 Å². The van der Waals surface area contributed by atoms with Crippen LogP contribution in [0.4, 0.5) is 5.69 Å². The van der Waals surface area contributed by atoms with E-state index < -0.39 is 6.23 Å². The van der Waals surface area contributed by atoms with Crippen molar-refractivity contribution in [1.82, 2.24) is 15.2 Å². The van der Waals surface area contributed by atoms with Crippen LogP contribution in [-0.4, -0.2) is 27.2 Å². The standard InChI is InChI=1S/C19H18N4O2S/c1-2-12-26-19-21-18-17(22-23-19)14-7-3-4-8-15(14)20-16(25-18)10-9-13-6-5-11-24-13/h3-11,16,20H,2,12H2,1H3/b10-9+/t16-/m1/s1. The first-order valence-corrected chi connectivity index (χ1v) is 9.44. The van der Waals surface area contributed by atoms with Crippen LogP contribution in [0.15, 0.2) is 58.3 Å². The zero-order chi connectivity index (χ0) is 17.8. The van der Waals surface area contributed by atoms with E-state index in [1.54, 1.807) is 18.0 Å². The quantitative estimate of drug-likeness (QED) is 0.668. The Balaban J connectivity index is 1.70. The van der Waals surface area contributed by atoms with Crippen molar-refractivity contribution in [3.8, 4) is 17.1 Å². The van der Waals surface area contributed by atoms with Gasteiger partial charge in [-0.25, -0.2) is 0 Å². The first-order valence-electron chi connectivity index (χ1n) is 8.45. The number of rotatable bonds is 5. The van der Waals surface area contributed by atoms with Crippen LogP contribution < -0.4 is 10.1 Å². The monoisotopic (exact) mass is 366 g/mol. The van der Waals surface area contributed by atoms with E-state index in [1.807, 2.05) is 48.6 Å². The molecule has 1 aliphatic heterocycles. The van der Waals surface area contributed by atoms with Gasteiger partial charge in [0.1, 0.15) is 5.76 Å². The summed E-state index contributed by atoms with van der Waals surface area (Å²) in [7, 11) is 0. The number of aromatic nitrogens is 3. The summed E-state index contributed by atoms with van der Waals surface area (Å²) >= 11 is 1.58. The smallest absolute Gasteiger partial charge is 0.247 e. The second kappa shape index (κ2) is 7.61. The molecule has 0 spiro atoms. The van der Waals surface area contributed by atoms with Crippen LogP contribution >= 0.6 is 11.8 Å².